The van der Waals surface area contributed by atoms with Gasteiger partial charge in [0.15, 0.2) is 0 Å². The highest BCUT2D eigenvalue weighted by atomic mass is 19.1. The molecule has 1 N–H and O–H groups in total. The largest absolute Gasteiger partial charge is 0.307 e. The zero-order chi connectivity index (χ0) is 11.3. The lowest BCUT2D eigenvalue weighted by molar-refractivity contribution is 0.551. The molecule has 0 saturated heterocycles. The maximum Gasteiger partial charge on any atom is 0.131 e. The van der Waals surface area contributed by atoms with E-state index < -0.39 is 0 Å². The molecule has 0 bridgehead atoms. The van der Waals surface area contributed by atoms with Crippen LogP contribution in [-0.2, 0) is 0 Å². The van der Waals surface area contributed by atoms with Crippen LogP contribution < -0.4 is 5.32 Å². The molecule has 0 aliphatic heterocycles. The number of nitrogens with one attached hydrogen (secondary N) is 1. The Kier molecular flexibility index (Phi) is 4.50. The molecule has 1 aromatic carbocycles. The van der Waals surface area contributed by atoms with Gasteiger partial charge in [-0.05, 0) is 25.5 Å². The summed E-state index contributed by atoms with van der Waals surface area (Å²) in [6, 6.07) is 5.36. The summed E-state index contributed by atoms with van der Waals surface area (Å²) in [5.74, 6) is -0.133. The maximum absolute atomic E-state index is 13.8. The number of halogens is 1. The standard InChI is InChI=1S/C13H18FN/c1-4-9-15-12(5-2)11-8-6-7-10(3)13(11)14/h5-8,12,15H,2,4,9H2,1,3H3. The molecule has 0 aliphatic carbocycles. The fourth-order valence-corrected chi connectivity index (χ4v) is 1.53. The first-order valence-corrected chi connectivity index (χ1v) is 5.31. The van der Waals surface area contributed by atoms with E-state index in [9.17, 15) is 4.39 Å². The maximum atomic E-state index is 13.8. The van der Waals surface area contributed by atoms with E-state index in [1.165, 1.54) is 0 Å². The third-order valence-electron chi connectivity index (χ3n) is 2.41. The van der Waals surface area contributed by atoms with Gasteiger partial charge in [0.05, 0.1) is 6.04 Å². The van der Waals surface area contributed by atoms with E-state index in [0.717, 1.165) is 13.0 Å². The van der Waals surface area contributed by atoms with Gasteiger partial charge in [-0.15, -0.1) is 6.58 Å². The van der Waals surface area contributed by atoms with Crippen LogP contribution >= 0.6 is 0 Å². The second-order valence-electron chi connectivity index (χ2n) is 3.65. The molecular formula is C13H18FN. The van der Waals surface area contributed by atoms with Crippen LogP contribution in [0, 0.1) is 12.7 Å². The number of rotatable bonds is 5. The van der Waals surface area contributed by atoms with Crippen molar-refractivity contribution >= 4 is 0 Å². The predicted octanol–water partition coefficient (Wildman–Crippen LogP) is 3.36. The van der Waals surface area contributed by atoms with Gasteiger partial charge in [0, 0.05) is 5.56 Å². The molecule has 0 heterocycles. The molecule has 82 valence electrons. The van der Waals surface area contributed by atoms with Crippen LogP contribution in [0.2, 0.25) is 0 Å². The van der Waals surface area contributed by atoms with Crippen molar-refractivity contribution in [3.8, 4) is 0 Å². The van der Waals surface area contributed by atoms with Crippen LogP contribution in [0.4, 0.5) is 4.39 Å². The van der Waals surface area contributed by atoms with Gasteiger partial charge in [0.2, 0.25) is 0 Å². The van der Waals surface area contributed by atoms with Crippen molar-refractivity contribution in [2.45, 2.75) is 26.3 Å². The van der Waals surface area contributed by atoms with E-state index >= 15 is 0 Å². The van der Waals surface area contributed by atoms with Crippen molar-refractivity contribution in [1.82, 2.24) is 5.32 Å². The molecule has 0 amide bonds. The molecule has 1 unspecified atom stereocenters. The van der Waals surface area contributed by atoms with E-state index in [1.807, 2.05) is 6.07 Å². The lowest BCUT2D eigenvalue weighted by Crippen LogP contribution is -2.21. The van der Waals surface area contributed by atoms with Crippen molar-refractivity contribution in [3.63, 3.8) is 0 Å². The van der Waals surface area contributed by atoms with Crippen molar-refractivity contribution in [2.75, 3.05) is 6.54 Å². The summed E-state index contributed by atoms with van der Waals surface area (Å²) in [5.41, 5.74) is 1.36. The first kappa shape index (κ1) is 11.9. The summed E-state index contributed by atoms with van der Waals surface area (Å²) in [6.45, 7) is 8.46. The number of hydrogen-bond acceptors (Lipinski definition) is 1. The van der Waals surface area contributed by atoms with Crippen LogP contribution in [0.3, 0.4) is 0 Å². The molecule has 0 saturated carbocycles. The molecule has 1 aromatic rings. The lowest BCUT2D eigenvalue weighted by atomic mass is 10.0. The van der Waals surface area contributed by atoms with Crippen molar-refractivity contribution in [1.29, 1.82) is 0 Å². The molecule has 0 aliphatic rings. The quantitative estimate of drug-likeness (QED) is 0.730. The molecule has 0 spiro atoms. The highest BCUT2D eigenvalue weighted by Crippen LogP contribution is 2.20. The summed E-state index contributed by atoms with van der Waals surface area (Å²) in [6.07, 6.45) is 2.77. The van der Waals surface area contributed by atoms with Crippen LogP contribution in [0.15, 0.2) is 30.9 Å². The van der Waals surface area contributed by atoms with Gasteiger partial charge < -0.3 is 5.32 Å². The van der Waals surface area contributed by atoms with Crippen molar-refractivity contribution in [3.05, 3.63) is 47.8 Å². The van der Waals surface area contributed by atoms with Gasteiger partial charge in [-0.2, -0.15) is 0 Å². The Balaban J connectivity index is 2.91. The normalized spacial score (nSPS) is 12.5. The molecule has 1 rings (SSSR count). The Morgan fingerprint density at radius 1 is 1.53 bits per heavy atom. The summed E-state index contributed by atoms with van der Waals surface area (Å²) in [7, 11) is 0. The molecule has 1 atom stereocenters. The average Bonchev–Trinajstić information content (AvgIpc) is 2.25. The zero-order valence-electron chi connectivity index (χ0n) is 9.39. The van der Waals surface area contributed by atoms with Crippen LogP contribution in [0.5, 0.6) is 0 Å². The second kappa shape index (κ2) is 5.66. The zero-order valence-corrected chi connectivity index (χ0v) is 9.39. The first-order valence-electron chi connectivity index (χ1n) is 5.31. The molecule has 1 nitrogen and oxygen atoms in total. The smallest absolute Gasteiger partial charge is 0.131 e. The van der Waals surface area contributed by atoms with Gasteiger partial charge in [0.1, 0.15) is 5.82 Å². The lowest BCUT2D eigenvalue weighted by Gasteiger charge is -2.16. The van der Waals surface area contributed by atoms with Gasteiger partial charge >= 0.3 is 0 Å². The summed E-state index contributed by atoms with van der Waals surface area (Å²) >= 11 is 0. The Bertz CT molecular complexity index is 333. The Hall–Kier alpha value is -1.15. The van der Waals surface area contributed by atoms with Gasteiger partial charge in [0.25, 0.3) is 0 Å². The third kappa shape index (κ3) is 2.90. The van der Waals surface area contributed by atoms with Crippen LogP contribution in [0.25, 0.3) is 0 Å². The van der Waals surface area contributed by atoms with Crippen molar-refractivity contribution in [2.24, 2.45) is 0 Å². The third-order valence-corrected chi connectivity index (χ3v) is 2.41. The fraction of sp³-hybridized carbons (Fsp3) is 0.385. The highest BCUT2D eigenvalue weighted by molar-refractivity contribution is 5.29. The number of hydrogen-bond donors (Lipinski definition) is 1. The first-order chi connectivity index (χ1) is 7.20. The minimum atomic E-state index is -0.133. The Morgan fingerprint density at radius 3 is 2.87 bits per heavy atom. The summed E-state index contributed by atoms with van der Waals surface area (Å²) in [4.78, 5) is 0. The van der Waals surface area contributed by atoms with E-state index in [-0.39, 0.29) is 11.9 Å². The SMILES string of the molecule is C=CC(NCCC)c1cccc(C)c1F. The van der Waals surface area contributed by atoms with Gasteiger partial charge in [-0.3, -0.25) is 0 Å². The van der Waals surface area contributed by atoms with E-state index in [2.05, 4.69) is 18.8 Å². The Morgan fingerprint density at radius 2 is 2.27 bits per heavy atom. The monoisotopic (exact) mass is 207 g/mol. The van der Waals surface area contributed by atoms with E-state index in [0.29, 0.717) is 11.1 Å². The van der Waals surface area contributed by atoms with Gasteiger partial charge in [-0.25, -0.2) is 4.39 Å². The van der Waals surface area contributed by atoms with Crippen LogP contribution in [-0.4, -0.2) is 6.54 Å². The molecule has 15 heavy (non-hydrogen) atoms. The Labute approximate surface area is 91.0 Å². The molecule has 2 heteroatoms. The highest BCUT2D eigenvalue weighted by Gasteiger charge is 2.12. The molecule has 0 aromatic heterocycles. The minimum Gasteiger partial charge on any atom is -0.307 e. The average molecular weight is 207 g/mol. The summed E-state index contributed by atoms with van der Waals surface area (Å²) in [5, 5.41) is 3.25. The van der Waals surface area contributed by atoms with E-state index in [4.69, 9.17) is 0 Å². The van der Waals surface area contributed by atoms with E-state index in [1.54, 1.807) is 25.1 Å². The predicted molar refractivity (Wildman–Crippen MR) is 62.4 cm³/mol. The molecular weight excluding hydrogens is 189 g/mol. The molecule has 0 radical (unpaired) electrons. The minimum absolute atomic E-state index is 0.0927. The fourth-order valence-electron chi connectivity index (χ4n) is 1.53. The topological polar surface area (TPSA) is 12.0 Å². The van der Waals surface area contributed by atoms with Gasteiger partial charge in [-0.1, -0.05) is 31.2 Å². The number of aryl methyl sites for hydroxylation is 1. The second-order valence-corrected chi connectivity index (χ2v) is 3.65. The van der Waals surface area contributed by atoms with Crippen molar-refractivity contribution < 1.29 is 4.39 Å². The molecule has 0 fully saturated rings. The summed E-state index contributed by atoms with van der Waals surface area (Å²) < 4.78 is 13.8. The number of benzene rings is 1. The van der Waals surface area contributed by atoms with Crippen LogP contribution in [0.1, 0.15) is 30.5 Å².